The van der Waals surface area contributed by atoms with Crippen molar-refractivity contribution in [3.8, 4) is 0 Å². The number of hydrogen-bond donors (Lipinski definition) is 2. The average Bonchev–Trinajstić information content (AvgIpc) is 2.63. The first-order valence-electron chi connectivity index (χ1n) is 8.39. The lowest BCUT2D eigenvalue weighted by Crippen LogP contribution is -2.42. The van der Waals surface area contributed by atoms with Crippen LogP contribution < -0.4 is 5.32 Å². The Morgan fingerprint density at radius 2 is 1.81 bits per heavy atom. The first kappa shape index (κ1) is 17.6. The van der Waals surface area contributed by atoms with Crippen LogP contribution in [-0.4, -0.2) is 28.0 Å². The van der Waals surface area contributed by atoms with Gasteiger partial charge >= 0.3 is 5.97 Å². The fourth-order valence-corrected chi connectivity index (χ4v) is 2.79. The molecule has 5 heteroatoms. The van der Waals surface area contributed by atoms with E-state index >= 15 is 0 Å². The summed E-state index contributed by atoms with van der Waals surface area (Å²) < 4.78 is 0. The van der Waals surface area contributed by atoms with Crippen LogP contribution in [0, 0.1) is 13.8 Å². The third-order valence-corrected chi connectivity index (χ3v) is 4.45. The molecule has 0 aliphatic rings. The topological polar surface area (TPSA) is 79.3 Å². The molecule has 0 aliphatic carbocycles. The molecule has 1 atom stereocenters. The smallest absolute Gasteiger partial charge is 0.326 e. The van der Waals surface area contributed by atoms with Gasteiger partial charge in [0.1, 0.15) is 11.7 Å². The number of carboxylic acid groups (broad SMARTS) is 1. The summed E-state index contributed by atoms with van der Waals surface area (Å²) >= 11 is 0. The SMILES string of the molecule is Cc1ccc(C[C@@H](NC(=O)c2ccc3ccccc3n2)C(=O)O)cc1C. The van der Waals surface area contributed by atoms with Crippen LogP contribution >= 0.6 is 0 Å². The number of carboxylic acids is 1. The van der Waals surface area contributed by atoms with E-state index in [0.29, 0.717) is 5.52 Å². The number of rotatable bonds is 5. The van der Waals surface area contributed by atoms with Crippen LogP contribution in [0.15, 0.2) is 54.6 Å². The highest BCUT2D eigenvalue weighted by Gasteiger charge is 2.22. The number of amides is 1. The maximum atomic E-state index is 12.5. The second-order valence-electron chi connectivity index (χ2n) is 6.38. The predicted octanol–water partition coefficient (Wildman–Crippen LogP) is 3.28. The van der Waals surface area contributed by atoms with Crippen molar-refractivity contribution in [1.82, 2.24) is 10.3 Å². The number of aromatic nitrogens is 1. The Bertz CT molecular complexity index is 982. The first-order chi connectivity index (χ1) is 12.4. The molecule has 0 saturated carbocycles. The molecule has 5 nitrogen and oxygen atoms in total. The lowest BCUT2D eigenvalue weighted by atomic mass is 10.0. The fraction of sp³-hybridized carbons (Fsp3) is 0.190. The van der Waals surface area contributed by atoms with Gasteiger partial charge in [-0.1, -0.05) is 42.5 Å². The van der Waals surface area contributed by atoms with Crippen molar-refractivity contribution in [3.63, 3.8) is 0 Å². The molecule has 26 heavy (non-hydrogen) atoms. The number of aryl methyl sites for hydroxylation is 2. The molecule has 3 aromatic rings. The second-order valence-corrected chi connectivity index (χ2v) is 6.38. The zero-order valence-corrected chi connectivity index (χ0v) is 14.7. The second kappa shape index (κ2) is 7.35. The van der Waals surface area contributed by atoms with Crippen molar-refractivity contribution >= 4 is 22.8 Å². The fourth-order valence-electron chi connectivity index (χ4n) is 2.79. The summed E-state index contributed by atoms with van der Waals surface area (Å²) in [5.74, 6) is -1.57. The van der Waals surface area contributed by atoms with E-state index in [9.17, 15) is 14.7 Å². The Balaban J connectivity index is 1.78. The highest BCUT2D eigenvalue weighted by molar-refractivity contribution is 5.97. The van der Waals surface area contributed by atoms with Gasteiger partial charge in [0.25, 0.3) is 5.91 Å². The molecule has 0 radical (unpaired) electrons. The maximum Gasteiger partial charge on any atom is 0.326 e. The van der Waals surface area contributed by atoms with E-state index in [2.05, 4.69) is 10.3 Å². The lowest BCUT2D eigenvalue weighted by molar-refractivity contribution is -0.139. The quantitative estimate of drug-likeness (QED) is 0.742. The molecule has 2 N–H and O–H groups in total. The summed E-state index contributed by atoms with van der Waals surface area (Å²) in [6.07, 6.45) is 0.218. The van der Waals surface area contributed by atoms with Gasteiger partial charge in [-0.15, -0.1) is 0 Å². The number of pyridine rings is 1. The van der Waals surface area contributed by atoms with Crippen LogP contribution in [0.1, 0.15) is 27.2 Å². The van der Waals surface area contributed by atoms with E-state index < -0.39 is 17.9 Å². The Morgan fingerprint density at radius 3 is 2.54 bits per heavy atom. The Hall–Kier alpha value is -3.21. The molecule has 2 aromatic carbocycles. The van der Waals surface area contributed by atoms with Gasteiger partial charge in [-0.25, -0.2) is 9.78 Å². The molecule has 0 aliphatic heterocycles. The Morgan fingerprint density at radius 1 is 1.04 bits per heavy atom. The van der Waals surface area contributed by atoms with Crippen LogP contribution in [0.25, 0.3) is 10.9 Å². The number of carbonyl (C=O) groups excluding carboxylic acids is 1. The molecule has 1 aromatic heterocycles. The van der Waals surface area contributed by atoms with Crippen molar-refractivity contribution < 1.29 is 14.7 Å². The van der Waals surface area contributed by atoms with Gasteiger partial charge < -0.3 is 10.4 Å². The third-order valence-electron chi connectivity index (χ3n) is 4.45. The number of nitrogens with one attached hydrogen (secondary N) is 1. The third kappa shape index (κ3) is 3.88. The minimum atomic E-state index is -1.07. The summed E-state index contributed by atoms with van der Waals surface area (Å²) in [6, 6.07) is 15.6. The van der Waals surface area contributed by atoms with E-state index in [4.69, 9.17) is 0 Å². The lowest BCUT2D eigenvalue weighted by Gasteiger charge is -2.15. The van der Waals surface area contributed by atoms with E-state index in [1.54, 1.807) is 12.1 Å². The molecule has 1 amide bonds. The first-order valence-corrected chi connectivity index (χ1v) is 8.39. The molecular formula is C21H20N2O3. The minimum Gasteiger partial charge on any atom is -0.480 e. The van der Waals surface area contributed by atoms with Gasteiger partial charge in [0.05, 0.1) is 5.52 Å². The molecule has 132 valence electrons. The number of nitrogens with zero attached hydrogens (tertiary/aromatic N) is 1. The molecule has 0 saturated heterocycles. The molecule has 0 spiro atoms. The van der Waals surface area contributed by atoms with Gasteiger partial charge in [0.2, 0.25) is 0 Å². The summed E-state index contributed by atoms with van der Waals surface area (Å²) in [4.78, 5) is 28.4. The summed E-state index contributed by atoms with van der Waals surface area (Å²) in [6.45, 7) is 3.98. The number of aliphatic carboxylic acids is 1. The van der Waals surface area contributed by atoms with Crippen LogP contribution in [-0.2, 0) is 11.2 Å². The zero-order valence-electron chi connectivity index (χ0n) is 14.7. The van der Waals surface area contributed by atoms with Crippen LogP contribution in [0.5, 0.6) is 0 Å². The average molecular weight is 348 g/mol. The number of hydrogen-bond acceptors (Lipinski definition) is 3. The predicted molar refractivity (Wildman–Crippen MR) is 100 cm³/mol. The van der Waals surface area contributed by atoms with E-state index in [1.165, 1.54) is 0 Å². The van der Waals surface area contributed by atoms with Crippen molar-refractivity contribution in [2.75, 3.05) is 0 Å². The molecule has 0 bridgehead atoms. The van der Waals surface area contributed by atoms with Crippen LogP contribution in [0.3, 0.4) is 0 Å². The van der Waals surface area contributed by atoms with Crippen LogP contribution in [0.4, 0.5) is 0 Å². The summed E-state index contributed by atoms with van der Waals surface area (Å²) in [5.41, 5.74) is 4.00. The minimum absolute atomic E-state index is 0.204. The molecule has 0 fully saturated rings. The van der Waals surface area contributed by atoms with E-state index in [-0.39, 0.29) is 12.1 Å². The van der Waals surface area contributed by atoms with Gasteiger partial charge in [0, 0.05) is 11.8 Å². The summed E-state index contributed by atoms with van der Waals surface area (Å²) in [7, 11) is 0. The number of benzene rings is 2. The molecular weight excluding hydrogens is 328 g/mol. The van der Waals surface area contributed by atoms with Gasteiger partial charge in [0.15, 0.2) is 0 Å². The molecule has 3 rings (SSSR count). The van der Waals surface area contributed by atoms with Gasteiger partial charge in [-0.3, -0.25) is 4.79 Å². The highest BCUT2D eigenvalue weighted by Crippen LogP contribution is 2.14. The van der Waals surface area contributed by atoms with E-state index in [1.807, 2.05) is 56.3 Å². The number of para-hydroxylation sites is 1. The number of carbonyl (C=O) groups is 2. The normalized spacial score (nSPS) is 11.9. The van der Waals surface area contributed by atoms with Crippen molar-refractivity contribution in [1.29, 1.82) is 0 Å². The highest BCUT2D eigenvalue weighted by atomic mass is 16.4. The van der Waals surface area contributed by atoms with Gasteiger partial charge in [-0.05, 0) is 42.7 Å². The maximum absolute atomic E-state index is 12.5. The molecule has 0 unspecified atom stereocenters. The van der Waals surface area contributed by atoms with Gasteiger partial charge in [-0.2, -0.15) is 0 Å². The Kier molecular flexibility index (Phi) is 4.98. The summed E-state index contributed by atoms with van der Waals surface area (Å²) in [5, 5.41) is 13.0. The Labute approximate surface area is 151 Å². The zero-order chi connectivity index (χ0) is 18.7. The van der Waals surface area contributed by atoms with Crippen molar-refractivity contribution in [2.24, 2.45) is 0 Å². The van der Waals surface area contributed by atoms with E-state index in [0.717, 1.165) is 22.1 Å². The van der Waals surface area contributed by atoms with Crippen LogP contribution in [0.2, 0.25) is 0 Å². The van der Waals surface area contributed by atoms with Crippen molar-refractivity contribution in [3.05, 3.63) is 77.0 Å². The molecule has 1 heterocycles. The monoisotopic (exact) mass is 348 g/mol. The standard InChI is InChI=1S/C21H20N2O3/c1-13-7-8-15(11-14(13)2)12-19(21(25)26)23-20(24)18-10-9-16-5-3-4-6-17(16)22-18/h3-11,19H,12H2,1-2H3,(H,23,24)(H,25,26)/t19-/m1/s1. The van der Waals surface area contributed by atoms with Crippen molar-refractivity contribution in [2.45, 2.75) is 26.3 Å². The number of fused-ring (bicyclic) bond motifs is 1. The largest absolute Gasteiger partial charge is 0.480 e.